The highest BCUT2D eigenvalue weighted by atomic mass is 19.4. The van der Waals surface area contributed by atoms with Crippen LogP contribution in [-0.4, -0.2) is 42.7 Å². The highest BCUT2D eigenvalue weighted by Crippen LogP contribution is 2.38. The van der Waals surface area contributed by atoms with Crippen LogP contribution >= 0.6 is 0 Å². The number of carbonyl (C=O) groups excluding carboxylic acids is 1. The monoisotopic (exact) mass is 487 g/mol. The Labute approximate surface area is 189 Å². The number of nitrogens with one attached hydrogen (secondary N) is 2. The van der Waals surface area contributed by atoms with Crippen molar-refractivity contribution in [3.05, 3.63) is 53.8 Å². The highest BCUT2D eigenvalue weighted by molar-refractivity contribution is 5.90. The van der Waals surface area contributed by atoms with Crippen LogP contribution in [0.25, 0.3) is 5.82 Å². The van der Waals surface area contributed by atoms with Gasteiger partial charge in [-0.05, 0) is 19.9 Å². The van der Waals surface area contributed by atoms with Crippen molar-refractivity contribution in [2.75, 3.05) is 11.9 Å². The van der Waals surface area contributed by atoms with Gasteiger partial charge in [0.2, 0.25) is 5.91 Å². The summed E-state index contributed by atoms with van der Waals surface area (Å²) in [4.78, 5) is 20.3. The van der Waals surface area contributed by atoms with E-state index in [1.54, 1.807) is 6.92 Å². The number of anilines is 1. The summed E-state index contributed by atoms with van der Waals surface area (Å²) in [5, 5.41) is 8.44. The first-order valence-electron chi connectivity index (χ1n) is 10.0. The lowest BCUT2D eigenvalue weighted by Crippen LogP contribution is -2.33. The van der Waals surface area contributed by atoms with Gasteiger partial charge < -0.3 is 10.6 Å². The van der Waals surface area contributed by atoms with Crippen LogP contribution in [0.5, 0.6) is 0 Å². The minimum atomic E-state index is -4.64. The number of aryl methyl sites for hydroxylation is 1. The molecule has 0 bridgehead atoms. The van der Waals surface area contributed by atoms with Crippen LogP contribution in [0.3, 0.4) is 0 Å². The number of rotatable bonds is 5. The van der Waals surface area contributed by atoms with Crippen molar-refractivity contribution in [2.45, 2.75) is 44.5 Å². The number of carbonyl (C=O) groups is 1. The minimum absolute atomic E-state index is 0.0310. The first-order chi connectivity index (χ1) is 15.8. The van der Waals surface area contributed by atoms with Crippen LogP contribution in [0.1, 0.15) is 30.4 Å². The van der Waals surface area contributed by atoms with Gasteiger partial charge in [0.1, 0.15) is 12.9 Å². The number of amides is 1. The third-order valence-corrected chi connectivity index (χ3v) is 5.41. The van der Waals surface area contributed by atoms with E-state index >= 15 is 0 Å². The molecule has 0 radical (unpaired) electrons. The number of halogens is 6. The Kier molecular flexibility index (Phi) is 5.66. The summed E-state index contributed by atoms with van der Waals surface area (Å²) >= 11 is 0. The van der Waals surface area contributed by atoms with Crippen molar-refractivity contribution in [1.29, 1.82) is 0 Å². The lowest BCUT2D eigenvalue weighted by molar-refractivity contribution is -0.141. The normalized spacial score (nSPS) is 20.0. The zero-order valence-electron chi connectivity index (χ0n) is 17.9. The molecular weight excluding hydrogens is 468 g/mol. The highest BCUT2D eigenvalue weighted by Gasteiger charge is 2.48. The van der Waals surface area contributed by atoms with E-state index < -0.39 is 54.6 Å². The van der Waals surface area contributed by atoms with Gasteiger partial charge in [-0.3, -0.25) is 14.0 Å². The zero-order valence-corrected chi connectivity index (χ0v) is 17.9. The Morgan fingerprint density at radius 3 is 2.59 bits per heavy atom. The first kappa shape index (κ1) is 23.7. The van der Waals surface area contributed by atoms with E-state index in [0.29, 0.717) is 0 Å². The van der Waals surface area contributed by atoms with Crippen molar-refractivity contribution in [1.82, 2.24) is 29.6 Å². The van der Waals surface area contributed by atoms with Crippen molar-refractivity contribution < 1.29 is 31.1 Å². The Morgan fingerprint density at radius 2 is 2.00 bits per heavy atom. The van der Waals surface area contributed by atoms with Gasteiger partial charge >= 0.3 is 6.18 Å². The second-order valence-corrected chi connectivity index (χ2v) is 8.29. The van der Waals surface area contributed by atoms with Crippen LogP contribution in [0.2, 0.25) is 0 Å². The van der Waals surface area contributed by atoms with Gasteiger partial charge in [0.25, 0.3) is 5.92 Å². The van der Waals surface area contributed by atoms with Gasteiger partial charge in [0.15, 0.2) is 17.3 Å². The van der Waals surface area contributed by atoms with Gasteiger partial charge in [0, 0.05) is 24.4 Å². The number of pyridine rings is 1. The predicted molar refractivity (Wildman–Crippen MR) is 107 cm³/mol. The number of imidazole rings is 1. The van der Waals surface area contributed by atoms with Crippen molar-refractivity contribution >= 4 is 11.6 Å². The van der Waals surface area contributed by atoms with Gasteiger partial charge in [-0.25, -0.2) is 23.1 Å². The van der Waals surface area contributed by atoms with Crippen LogP contribution in [0.15, 0.2) is 30.9 Å². The SMILES string of the molecule is Cc1cc(C(F)(F)F)nn1CC(=O)Nc1cnc(-n2cnc([C@]3(C)CC(F)(F)CN3)c2)c(F)c1. The van der Waals surface area contributed by atoms with Crippen molar-refractivity contribution in [3.63, 3.8) is 0 Å². The van der Waals surface area contributed by atoms with Gasteiger partial charge in [0.05, 0.1) is 29.7 Å². The molecule has 0 aliphatic carbocycles. The number of hydrogen-bond donors (Lipinski definition) is 2. The largest absolute Gasteiger partial charge is 0.435 e. The minimum Gasteiger partial charge on any atom is -0.323 e. The fourth-order valence-corrected chi connectivity index (χ4v) is 3.71. The molecule has 182 valence electrons. The Hall–Kier alpha value is -3.42. The number of alkyl halides is 5. The van der Waals surface area contributed by atoms with Crippen molar-refractivity contribution in [3.8, 4) is 5.82 Å². The summed E-state index contributed by atoms with van der Waals surface area (Å²) in [7, 11) is 0. The lowest BCUT2D eigenvalue weighted by atomic mass is 9.95. The van der Waals surface area contributed by atoms with E-state index in [1.165, 1.54) is 24.0 Å². The third kappa shape index (κ3) is 4.76. The molecule has 14 heteroatoms. The summed E-state index contributed by atoms with van der Waals surface area (Å²) in [5.74, 6) is -4.64. The second kappa shape index (κ2) is 8.11. The van der Waals surface area contributed by atoms with Gasteiger partial charge in [-0.15, -0.1) is 0 Å². The molecule has 4 heterocycles. The quantitative estimate of drug-likeness (QED) is 0.539. The third-order valence-electron chi connectivity index (χ3n) is 5.41. The molecular formula is C20H19F6N7O. The first-order valence-corrected chi connectivity index (χ1v) is 10.0. The van der Waals surface area contributed by atoms with E-state index in [-0.39, 0.29) is 22.9 Å². The standard InChI is InChI=1S/C20H19F6N7O/c1-11-3-14(20(24,25)26)31-33(11)7-16(34)30-12-4-13(21)17(27-5-12)32-6-15(28-10-32)18(2)8-19(22,23)9-29-18/h3-6,10,29H,7-9H2,1-2H3,(H,30,34)/t18-/m0/s1. The molecule has 4 rings (SSSR count). The smallest absolute Gasteiger partial charge is 0.323 e. The molecule has 1 amide bonds. The topological polar surface area (TPSA) is 89.7 Å². The maximum Gasteiger partial charge on any atom is 0.435 e. The summed E-state index contributed by atoms with van der Waals surface area (Å²) in [6, 6.07) is 1.78. The zero-order chi connectivity index (χ0) is 24.9. The van der Waals surface area contributed by atoms with E-state index in [0.717, 1.165) is 23.0 Å². The molecule has 1 aliphatic rings. The van der Waals surface area contributed by atoms with E-state index in [4.69, 9.17) is 0 Å². The Bertz CT molecular complexity index is 1230. The molecule has 34 heavy (non-hydrogen) atoms. The molecule has 0 spiro atoms. The van der Waals surface area contributed by atoms with Gasteiger partial charge in [-0.1, -0.05) is 0 Å². The summed E-state index contributed by atoms with van der Waals surface area (Å²) in [6.07, 6.45) is -1.33. The average Bonchev–Trinajstić information content (AvgIpc) is 3.40. The number of hydrogen-bond acceptors (Lipinski definition) is 5. The molecule has 1 saturated heterocycles. The maximum atomic E-state index is 14.7. The molecule has 1 atom stereocenters. The number of aromatic nitrogens is 5. The summed E-state index contributed by atoms with van der Waals surface area (Å²) in [6.45, 7) is 1.93. The number of nitrogens with zero attached hydrogens (tertiary/aromatic N) is 5. The molecule has 1 aliphatic heterocycles. The summed E-state index contributed by atoms with van der Waals surface area (Å²) in [5.41, 5.74) is -1.83. The van der Waals surface area contributed by atoms with Crippen LogP contribution in [0, 0.1) is 12.7 Å². The lowest BCUT2D eigenvalue weighted by Gasteiger charge is -2.21. The molecule has 3 aromatic heterocycles. The fourth-order valence-electron chi connectivity index (χ4n) is 3.71. The van der Waals surface area contributed by atoms with Crippen LogP contribution in [-0.2, 0) is 23.1 Å². The van der Waals surface area contributed by atoms with E-state index in [9.17, 15) is 31.1 Å². The Balaban J connectivity index is 1.46. The average molecular weight is 487 g/mol. The molecule has 8 nitrogen and oxygen atoms in total. The van der Waals surface area contributed by atoms with Crippen molar-refractivity contribution in [2.24, 2.45) is 0 Å². The summed E-state index contributed by atoms with van der Waals surface area (Å²) < 4.78 is 82.3. The molecule has 2 N–H and O–H groups in total. The van der Waals surface area contributed by atoms with Crippen LogP contribution in [0.4, 0.5) is 32.0 Å². The fraction of sp³-hybridized carbons (Fsp3) is 0.400. The van der Waals surface area contributed by atoms with Crippen LogP contribution < -0.4 is 10.6 Å². The van der Waals surface area contributed by atoms with E-state index in [2.05, 4.69) is 25.7 Å². The predicted octanol–water partition coefficient (Wildman–Crippen LogP) is 3.41. The molecule has 0 saturated carbocycles. The second-order valence-electron chi connectivity index (χ2n) is 8.29. The Morgan fingerprint density at radius 1 is 1.26 bits per heavy atom. The molecule has 3 aromatic rings. The van der Waals surface area contributed by atoms with Gasteiger partial charge in [-0.2, -0.15) is 18.3 Å². The maximum absolute atomic E-state index is 14.7. The van der Waals surface area contributed by atoms with E-state index in [1.807, 2.05) is 0 Å². The molecule has 0 unspecified atom stereocenters. The molecule has 1 fully saturated rings. The molecule has 0 aromatic carbocycles.